The van der Waals surface area contributed by atoms with Gasteiger partial charge in [0.05, 0.1) is 0 Å². The molecule has 0 saturated heterocycles. The van der Waals surface area contributed by atoms with E-state index < -0.39 is 0 Å². The van der Waals surface area contributed by atoms with E-state index in [4.69, 9.17) is 5.84 Å². The van der Waals surface area contributed by atoms with Gasteiger partial charge in [0, 0.05) is 5.56 Å². The second-order valence-electron chi connectivity index (χ2n) is 1.84. The molecule has 0 fully saturated rings. The third kappa shape index (κ3) is 1.33. The number of hydrogen-bond acceptors (Lipinski definition) is 2. The van der Waals surface area contributed by atoms with Crippen molar-refractivity contribution in [2.75, 3.05) is 0 Å². The molecule has 3 nitrogen and oxygen atoms in total. The van der Waals surface area contributed by atoms with Crippen molar-refractivity contribution in [3.05, 3.63) is 35.9 Å². The van der Waals surface area contributed by atoms with Crippen molar-refractivity contribution >= 4 is 5.91 Å². The van der Waals surface area contributed by atoms with Crippen molar-refractivity contribution in [1.82, 2.24) is 5.43 Å². The van der Waals surface area contributed by atoms with Crippen molar-refractivity contribution in [2.45, 2.75) is 0 Å². The highest BCUT2D eigenvalue weighted by Crippen LogP contribution is 1.95. The first-order valence-electron chi connectivity index (χ1n) is 2.90. The third-order valence-corrected chi connectivity index (χ3v) is 1.17. The van der Waals surface area contributed by atoms with Crippen LogP contribution in [-0.4, -0.2) is 5.91 Å². The quantitative estimate of drug-likeness (QED) is 0.334. The van der Waals surface area contributed by atoms with E-state index in [0.29, 0.717) is 5.56 Å². The molecule has 0 heterocycles. The van der Waals surface area contributed by atoms with Crippen LogP contribution in [0.5, 0.6) is 0 Å². The van der Waals surface area contributed by atoms with Gasteiger partial charge in [0.2, 0.25) is 0 Å². The fraction of sp³-hybridized carbons (Fsp3) is 0. The molecule has 1 amide bonds. The van der Waals surface area contributed by atoms with Crippen LogP contribution in [0.1, 0.15) is 11.8 Å². The normalized spacial score (nSPS) is 8.90. The summed E-state index contributed by atoms with van der Waals surface area (Å²) in [5.74, 6) is 4.64. The fourth-order valence-corrected chi connectivity index (χ4v) is 0.673. The zero-order valence-electron chi connectivity index (χ0n) is 6.37. The summed E-state index contributed by atoms with van der Waals surface area (Å²) >= 11 is 0. The van der Waals surface area contributed by atoms with Gasteiger partial charge in [-0.1, -0.05) is 18.2 Å². The van der Waals surface area contributed by atoms with Crippen LogP contribution in [0, 0.1) is 0 Å². The molecule has 0 saturated carbocycles. The Hall–Kier alpha value is -1.35. The predicted octanol–water partition coefficient (Wildman–Crippen LogP) is 0.403. The van der Waals surface area contributed by atoms with Crippen molar-refractivity contribution in [1.29, 1.82) is 0 Å². The summed E-state index contributed by atoms with van der Waals surface area (Å²) in [7, 11) is 0. The van der Waals surface area contributed by atoms with Crippen LogP contribution in [0.3, 0.4) is 0 Å². The number of amides is 1. The van der Waals surface area contributed by atoms with Crippen LogP contribution < -0.4 is 11.3 Å². The lowest BCUT2D eigenvalue weighted by atomic mass is 10.2. The Morgan fingerprint density at radius 2 is 2.00 bits per heavy atom. The summed E-state index contributed by atoms with van der Waals surface area (Å²) in [4.78, 5) is 10.8. The fourth-order valence-electron chi connectivity index (χ4n) is 0.673. The van der Waals surface area contributed by atoms with Gasteiger partial charge in [0.15, 0.2) is 0 Å². The van der Waals surface area contributed by atoms with Crippen molar-refractivity contribution < 1.29 is 6.22 Å². The molecule has 1 aromatic rings. The van der Waals surface area contributed by atoms with Gasteiger partial charge in [-0.3, -0.25) is 10.2 Å². The first kappa shape index (κ1) is 6.77. The standard InChI is InChI=1S/C7H8N2O/c8-9-7(10)6-4-2-1-3-5-6/h1-5H,8H2,(H,9,10)/p+1. The Morgan fingerprint density at radius 1 is 1.40 bits per heavy atom. The van der Waals surface area contributed by atoms with Gasteiger partial charge >= 0.3 is 1.43 Å². The van der Waals surface area contributed by atoms with Gasteiger partial charge in [-0.15, -0.1) is 0 Å². The molecular formula is C7H9N2O+. The summed E-state index contributed by atoms with van der Waals surface area (Å²) in [5.41, 5.74) is 2.62. The van der Waals surface area contributed by atoms with Gasteiger partial charge in [-0.25, -0.2) is 5.84 Å². The Labute approximate surface area is 60.3 Å². The molecule has 52 valence electrons. The van der Waals surface area contributed by atoms with E-state index in [1.807, 2.05) is 11.5 Å². The SMILES string of the molecule is NNC(=O)c1ccccc1.[H+]. The lowest BCUT2D eigenvalue weighted by Gasteiger charge is -1.95. The number of rotatable bonds is 1. The van der Waals surface area contributed by atoms with Crippen molar-refractivity contribution in [2.24, 2.45) is 5.84 Å². The lowest BCUT2D eigenvalue weighted by molar-refractivity contribution is 0.0953. The van der Waals surface area contributed by atoms with Gasteiger partial charge in [0.25, 0.3) is 5.91 Å². The van der Waals surface area contributed by atoms with Gasteiger partial charge in [0.1, 0.15) is 0 Å². The minimum absolute atomic E-state index is 0. The molecule has 0 unspecified atom stereocenters. The van der Waals surface area contributed by atoms with E-state index in [-0.39, 0.29) is 7.33 Å². The van der Waals surface area contributed by atoms with E-state index in [0.717, 1.165) is 0 Å². The molecule has 0 aliphatic heterocycles. The monoisotopic (exact) mass is 137 g/mol. The molecule has 1 aromatic carbocycles. The number of benzene rings is 1. The highest BCUT2D eigenvalue weighted by atomic mass is 16.2. The lowest BCUT2D eigenvalue weighted by Crippen LogP contribution is -2.29. The number of hydrazine groups is 1. The smallest absolute Gasteiger partial charge is 0.290 e. The number of carbonyl (C=O) groups excluding carboxylic acids is 1. The average Bonchev–Trinajstić information content (AvgIpc) is 2.05. The Kier molecular flexibility index (Phi) is 2.02. The first-order valence-corrected chi connectivity index (χ1v) is 2.90. The molecule has 3 N–H and O–H groups in total. The molecule has 0 bridgehead atoms. The molecule has 0 aliphatic rings. The maximum absolute atomic E-state index is 10.8. The summed E-state index contributed by atoms with van der Waals surface area (Å²) < 4.78 is 0. The minimum Gasteiger partial charge on any atom is -0.290 e. The molecule has 0 radical (unpaired) electrons. The molecule has 0 aliphatic carbocycles. The Morgan fingerprint density at radius 3 is 2.50 bits per heavy atom. The molecular weight excluding hydrogens is 128 g/mol. The van der Waals surface area contributed by atoms with Crippen LogP contribution in [0.25, 0.3) is 0 Å². The van der Waals surface area contributed by atoms with E-state index in [2.05, 4.69) is 0 Å². The van der Waals surface area contributed by atoms with Crippen LogP contribution in [0.4, 0.5) is 0 Å². The zero-order valence-corrected chi connectivity index (χ0v) is 5.37. The second kappa shape index (κ2) is 2.98. The minimum atomic E-state index is -0.263. The molecule has 1 rings (SSSR count). The van der Waals surface area contributed by atoms with Crippen molar-refractivity contribution in [3.8, 4) is 0 Å². The molecule has 0 aromatic heterocycles. The van der Waals surface area contributed by atoms with E-state index in [9.17, 15) is 4.79 Å². The number of nitrogen functional groups attached to an aromatic ring is 1. The van der Waals surface area contributed by atoms with Crippen LogP contribution >= 0.6 is 0 Å². The second-order valence-corrected chi connectivity index (χ2v) is 1.84. The molecule has 10 heavy (non-hydrogen) atoms. The number of nitrogens with one attached hydrogen (secondary N) is 1. The molecule has 0 spiro atoms. The number of hydrogen-bond donors (Lipinski definition) is 2. The topological polar surface area (TPSA) is 55.1 Å². The van der Waals surface area contributed by atoms with Crippen LogP contribution in [0.15, 0.2) is 30.3 Å². The summed E-state index contributed by atoms with van der Waals surface area (Å²) in [6.07, 6.45) is 0. The first-order chi connectivity index (χ1) is 4.84. The van der Waals surface area contributed by atoms with Crippen LogP contribution in [-0.2, 0) is 0 Å². The van der Waals surface area contributed by atoms with E-state index in [1.165, 1.54) is 0 Å². The predicted molar refractivity (Wildman–Crippen MR) is 39.2 cm³/mol. The third-order valence-electron chi connectivity index (χ3n) is 1.17. The Balaban J connectivity index is 0.000001000. The maximum Gasteiger partial charge on any atom is 1.00 e. The maximum atomic E-state index is 10.8. The van der Waals surface area contributed by atoms with Crippen LogP contribution in [0.2, 0.25) is 0 Å². The van der Waals surface area contributed by atoms with Gasteiger partial charge in [-0.05, 0) is 12.1 Å². The summed E-state index contributed by atoms with van der Waals surface area (Å²) in [6, 6.07) is 8.80. The van der Waals surface area contributed by atoms with Gasteiger partial charge < -0.3 is 0 Å². The Bertz CT molecular complexity index is 225. The van der Waals surface area contributed by atoms with Gasteiger partial charge in [-0.2, -0.15) is 0 Å². The zero-order chi connectivity index (χ0) is 7.40. The summed E-state index contributed by atoms with van der Waals surface area (Å²) in [6.45, 7) is 0. The van der Waals surface area contributed by atoms with E-state index in [1.54, 1.807) is 24.3 Å². The highest BCUT2D eigenvalue weighted by Gasteiger charge is 1.98. The largest absolute Gasteiger partial charge is 1.00 e. The van der Waals surface area contributed by atoms with Crippen molar-refractivity contribution in [3.63, 3.8) is 0 Å². The highest BCUT2D eigenvalue weighted by molar-refractivity contribution is 5.93. The number of nitrogens with two attached hydrogens (primary N) is 1. The average molecular weight is 137 g/mol. The van der Waals surface area contributed by atoms with E-state index >= 15 is 0 Å². The molecule has 0 atom stereocenters. The molecule has 3 heteroatoms. The number of carbonyl (C=O) groups is 1. The summed E-state index contributed by atoms with van der Waals surface area (Å²) in [5, 5.41) is 0.